The lowest BCUT2D eigenvalue weighted by Gasteiger charge is -2.18. The molecule has 1 aromatic heterocycles. The number of anilines is 1. The maximum absolute atomic E-state index is 11.8. The summed E-state index contributed by atoms with van der Waals surface area (Å²) in [6.45, 7) is 8.38. The van der Waals surface area contributed by atoms with Crippen LogP contribution in [0.15, 0.2) is 64.9 Å². The largest absolute Gasteiger partial charge is 0.425 e. The SMILES string of the molecule is C=CCN(CC=C)c1nc(=O)cc(-c2ccc(Cl)cc2)o1. The first-order valence-electron chi connectivity index (χ1n) is 6.39. The molecule has 0 aliphatic heterocycles. The molecule has 0 N–H and O–H groups in total. The summed E-state index contributed by atoms with van der Waals surface area (Å²) in [6, 6.07) is 8.65. The molecular formula is C16H15ClN2O2. The molecule has 4 nitrogen and oxygen atoms in total. The number of rotatable bonds is 6. The predicted molar refractivity (Wildman–Crippen MR) is 85.8 cm³/mol. The quantitative estimate of drug-likeness (QED) is 0.766. The van der Waals surface area contributed by atoms with Crippen LogP contribution in [0.1, 0.15) is 0 Å². The van der Waals surface area contributed by atoms with Gasteiger partial charge in [0, 0.05) is 29.7 Å². The highest BCUT2D eigenvalue weighted by molar-refractivity contribution is 6.30. The Kier molecular flexibility index (Phi) is 4.95. The van der Waals surface area contributed by atoms with E-state index in [-0.39, 0.29) is 11.6 Å². The molecule has 1 aromatic carbocycles. The van der Waals surface area contributed by atoms with Crippen LogP contribution < -0.4 is 10.5 Å². The smallest absolute Gasteiger partial charge is 0.301 e. The Morgan fingerprint density at radius 1 is 1.19 bits per heavy atom. The van der Waals surface area contributed by atoms with Crippen molar-refractivity contribution in [3.8, 4) is 11.3 Å². The van der Waals surface area contributed by atoms with Crippen molar-refractivity contribution < 1.29 is 4.42 Å². The number of hydrogen-bond acceptors (Lipinski definition) is 4. The molecule has 108 valence electrons. The number of halogens is 1. The minimum Gasteiger partial charge on any atom is -0.425 e. The first kappa shape index (κ1) is 15.1. The van der Waals surface area contributed by atoms with Gasteiger partial charge in [0.15, 0.2) is 0 Å². The minimum absolute atomic E-state index is 0.243. The van der Waals surface area contributed by atoms with Crippen molar-refractivity contribution in [3.63, 3.8) is 0 Å². The molecule has 2 aromatic rings. The van der Waals surface area contributed by atoms with E-state index in [9.17, 15) is 4.79 Å². The second-order valence-electron chi connectivity index (χ2n) is 4.33. The molecule has 0 atom stereocenters. The van der Waals surface area contributed by atoms with Crippen molar-refractivity contribution in [1.29, 1.82) is 0 Å². The van der Waals surface area contributed by atoms with E-state index in [1.54, 1.807) is 41.3 Å². The lowest BCUT2D eigenvalue weighted by molar-refractivity contribution is 0.529. The summed E-state index contributed by atoms with van der Waals surface area (Å²) in [5.41, 5.74) is 0.400. The summed E-state index contributed by atoms with van der Waals surface area (Å²) in [5, 5.41) is 0.621. The van der Waals surface area contributed by atoms with Gasteiger partial charge in [-0.25, -0.2) is 0 Å². The molecule has 0 fully saturated rings. The molecule has 0 aliphatic rings. The minimum atomic E-state index is -0.362. The average molecular weight is 303 g/mol. The molecule has 1 heterocycles. The number of benzene rings is 1. The fourth-order valence-electron chi connectivity index (χ4n) is 1.82. The van der Waals surface area contributed by atoms with Crippen LogP contribution >= 0.6 is 11.6 Å². The third-order valence-electron chi connectivity index (χ3n) is 2.76. The van der Waals surface area contributed by atoms with Gasteiger partial charge in [0.2, 0.25) is 0 Å². The summed E-state index contributed by atoms with van der Waals surface area (Å²) in [7, 11) is 0. The Labute approximate surface area is 128 Å². The van der Waals surface area contributed by atoms with Crippen molar-refractivity contribution in [2.45, 2.75) is 0 Å². The Morgan fingerprint density at radius 2 is 1.81 bits per heavy atom. The second-order valence-corrected chi connectivity index (χ2v) is 4.77. The zero-order chi connectivity index (χ0) is 15.2. The van der Waals surface area contributed by atoms with Gasteiger partial charge in [0.05, 0.1) is 0 Å². The molecule has 0 saturated heterocycles. The van der Waals surface area contributed by atoms with Gasteiger partial charge < -0.3 is 9.32 Å². The molecule has 21 heavy (non-hydrogen) atoms. The summed E-state index contributed by atoms with van der Waals surface area (Å²) in [6.07, 6.45) is 3.42. The summed E-state index contributed by atoms with van der Waals surface area (Å²) >= 11 is 5.86. The fraction of sp³-hybridized carbons (Fsp3) is 0.125. The maximum atomic E-state index is 11.8. The zero-order valence-electron chi connectivity index (χ0n) is 11.5. The van der Waals surface area contributed by atoms with E-state index in [0.717, 1.165) is 5.56 Å². The molecule has 0 amide bonds. The van der Waals surface area contributed by atoms with Gasteiger partial charge >= 0.3 is 6.01 Å². The lowest BCUT2D eigenvalue weighted by atomic mass is 10.2. The first-order chi connectivity index (χ1) is 10.1. The average Bonchev–Trinajstić information content (AvgIpc) is 2.47. The molecule has 0 saturated carbocycles. The number of hydrogen-bond donors (Lipinski definition) is 0. The van der Waals surface area contributed by atoms with Crippen LogP contribution in [0.25, 0.3) is 11.3 Å². The predicted octanol–water partition coefficient (Wildman–Crippen LogP) is 3.53. The highest BCUT2D eigenvalue weighted by atomic mass is 35.5. The van der Waals surface area contributed by atoms with Crippen molar-refractivity contribution in [2.75, 3.05) is 18.0 Å². The van der Waals surface area contributed by atoms with E-state index in [1.807, 2.05) is 0 Å². The van der Waals surface area contributed by atoms with E-state index < -0.39 is 0 Å². The van der Waals surface area contributed by atoms with E-state index in [2.05, 4.69) is 18.1 Å². The van der Waals surface area contributed by atoms with E-state index in [1.165, 1.54) is 6.07 Å². The Balaban J connectivity index is 2.44. The van der Waals surface area contributed by atoms with E-state index in [4.69, 9.17) is 16.0 Å². The van der Waals surface area contributed by atoms with Crippen molar-refractivity contribution in [3.05, 3.63) is 71.0 Å². The van der Waals surface area contributed by atoms with Crippen LogP contribution in [-0.2, 0) is 0 Å². The van der Waals surface area contributed by atoms with Gasteiger partial charge in [-0.05, 0) is 24.3 Å². The maximum Gasteiger partial charge on any atom is 0.301 e. The number of nitrogens with zero attached hydrogens (tertiary/aromatic N) is 2. The summed E-state index contributed by atoms with van der Waals surface area (Å²) in [4.78, 5) is 17.5. The first-order valence-corrected chi connectivity index (χ1v) is 6.76. The van der Waals surface area contributed by atoms with Crippen LogP contribution in [0.3, 0.4) is 0 Å². The molecule has 0 aliphatic carbocycles. The second kappa shape index (κ2) is 6.90. The van der Waals surface area contributed by atoms with Crippen LogP contribution in [0.4, 0.5) is 6.01 Å². The Morgan fingerprint density at radius 3 is 2.38 bits per heavy atom. The van der Waals surface area contributed by atoms with E-state index in [0.29, 0.717) is 23.9 Å². The normalized spacial score (nSPS) is 10.1. The summed E-state index contributed by atoms with van der Waals surface area (Å²) in [5.74, 6) is 0.444. The van der Waals surface area contributed by atoms with Gasteiger partial charge in [-0.3, -0.25) is 4.79 Å². The Bertz CT molecular complexity index is 682. The van der Waals surface area contributed by atoms with Crippen LogP contribution in [0, 0.1) is 0 Å². The third kappa shape index (κ3) is 3.83. The number of aromatic nitrogens is 1. The molecule has 0 radical (unpaired) electrons. The molecule has 0 spiro atoms. The van der Waals surface area contributed by atoms with Crippen molar-refractivity contribution >= 4 is 17.6 Å². The topological polar surface area (TPSA) is 46.3 Å². The van der Waals surface area contributed by atoms with Gasteiger partial charge in [0.25, 0.3) is 5.56 Å². The van der Waals surface area contributed by atoms with Gasteiger partial charge in [-0.2, -0.15) is 4.98 Å². The molecule has 0 bridgehead atoms. The standard InChI is InChI=1S/C16H15ClN2O2/c1-3-9-19(10-4-2)16-18-15(20)11-14(21-16)12-5-7-13(17)8-6-12/h3-8,11H,1-2,9-10H2. The molecule has 5 heteroatoms. The van der Waals surface area contributed by atoms with Crippen LogP contribution in [-0.4, -0.2) is 18.1 Å². The molecule has 0 unspecified atom stereocenters. The van der Waals surface area contributed by atoms with Gasteiger partial charge in [-0.1, -0.05) is 23.8 Å². The van der Waals surface area contributed by atoms with Gasteiger partial charge in [0.1, 0.15) is 5.76 Å². The third-order valence-corrected chi connectivity index (χ3v) is 3.01. The zero-order valence-corrected chi connectivity index (χ0v) is 12.2. The van der Waals surface area contributed by atoms with E-state index >= 15 is 0 Å². The Hall–Kier alpha value is -2.33. The fourth-order valence-corrected chi connectivity index (χ4v) is 1.95. The summed E-state index contributed by atoms with van der Waals surface area (Å²) < 4.78 is 5.73. The van der Waals surface area contributed by atoms with Crippen LogP contribution in [0.2, 0.25) is 5.02 Å². The highest BCUT2D eigenvalue weighted by Gasteiger charge is 2.11. The van der Waals surface area contributed by atoms with Crippen molar-refractivity contribution in [2.24, 2.45) is 0 Å². The highest BCUT2D eigenvalue weighted by Crippen LogP contribution is 2.23. The van der Waals surface area contributed by atoms with Crippen molar-refractivity contribution in [1.82, 2.24) is 4.98 Å². The lowest BCUT2D eigenvalue weighted by Crippen LogP contribution is -2.26. The van der Waals surface area contributed by atoms with Crippen LogP contribution in [0.5, 0.6) is 0 Å². The van der Waals surface area contributed by atoms with Gasteiger partial charge in [-0.15, -0.1) is 13.2 Å². The monoisotopic (exact) mass is 302 g/mol. The molecular weight excluding hydrogens is 288 g/mol. The molecule has 2 rings (SSSR count).